The number of rotatable bonds is 3. The fraction of sp³-hybridized carbons (Fsp3) is 0.533. The van der Waals surface area contributed by atoms with Crippen LogP contribution >= 0.6 is 0 Å². The molecule has 1 saturated heterocycles. The van der Waals surface area contributed by atoms with E-state index in [0.29, 0.717) is 12.2 Å². The average molecular weight is 301 g/mol. The normalized spacial score (nSPS) is 17.3. The van der Waals surface area contributed by atoms with Gasteiger partial charge in [-0.25, -0.2) is 0 Å². The molecular weight excluding hydrogens is 281 g/mol. The molecule has 0 spiro atoms. The number of hydrogen-bond acceptors (Lipinski definition) is 1. The second kappa shape index (κ2) is 6.93. The van der Waals surface area contributed by atoms with Crippen LogP contribution in [-0.4, -0.2) is 25.5 Å². The van der Waals surface area contributed by atoms with Gasteiger partial charge in [0.1, 0.15) is 0 Å². The fourth-order valence-corrected chi connectivity index (χ4v) is 2.58. The van der Waals surface area contributed by atoms with Crippen LogP contribution in [0.1, 0.15) is 31.2 Å². The summed E-state index contributed by atoms with van der Waals surface area (Å²) in [6, 6.07) is 4.54. The van der Waals surface area contributed by atoms with Crippen molar-refractivity contribution in [3.8, 4) is 0 Å². The summed E-state index contributed by atoms with van der Waals surface area (Å²) in [6.07, 6.45) is 0.332. The van der Waals surface area contributed by atoms with Crippen LogP contribution < -0.4 is 10.2 Å². The van der Waals surface area contributed by atoms with E-state index in [2.05, 4.69) is 5.32 Å². The van der Waals surface area contributed by atoms with Gasteiger partial charge in [0.25, 0.3) is 5.91 Å². The van der Waals surface area contributed by atoms with Gasteiger partial charge in [0, 0.05) is 5.69 Å². The number of hydrogen-bond donors (Lipinski definition) is 2. The molecule has 1 aliphatic rings. The molecule has 0 atom stereocenters. The van der Waals surface area contributed by atoms with Crippen LogP contribution in [0.4, 0.5) is 18.9 Å². The molecule has 0 unspecified atom stereocenters. The number of nitrogens with one attached hydrogen (secondary N) is 2. The van der Waals surface area contributed by atoms with E-state index in [-0.39, 0.29) is 5.91 Å². The first-order valence-electron chi connectivity index (χ1n) is 7.26. The first kappa shape index (κ1) is 15.8. The van der Waals surface area contributed by atoms with Gasteiger partial charge >= 0.3 is 6.18 Å². The Hall–Kier alpha value is -1.56. The molecule has 0 radical (unpaired) electrons. The van der Waals surface area contributed by atoms with Gasteiger partial charge in [-0.2, -0.15) is 13.2 Å². The van der Waals surface area contributed by atoms with Gasteiger partial charge in [0.15, 0.2) is 6.54 Å². The van der Waals surface area contributed by atoms with E-state index in [1.807, 2.05) is 0 Å². The lowest BCUT2D eigenvalue weighted by Gasteiger charge is -2.16. The quantitative estimate of drug-likeness (QED) is 0.881. The Morgan fingerprint density at radius 1 is 1.05 bits per heavy atom. The number of halogens is 3. The molecule has 2 rings (SSSR count). The Bertz CT molecular complexity index is 463. The molecule has 1 fully saturated rings. The first-order valence-corrected chi connectivity index (χ1v) is 7.26. The number of likely N-dealkylation sites (tertiary alicyclic amines) is 1. The van der Waals surface area contributed by atoms with Gasteiger partial charge < -0.3 is 10.2 Å². The topological polar surface area (TPSA) is 33.5 Å². The van der Waals surface area contributed by atoms with Crippen molar-refractivity contribution in [1.29, 1.82) is 0 Å². The van der Waals surface area contributed by atoms with Gasteiger partial charge in [-0.3, -0.25) is 4.79 Å². The van der Waals surface area contributed by atoms with E-state index in [1.165, 1.54) is 29.9 Å². The molecule has 0 aromatic heterocycles. The van der Waals surface area contributed by atoms with Crippen LogP contribution in [0, 0.1) is 0 Å². The highest BCUT2D eigenvalue weighted by molar-refractivity contribution is 5.91. The number of quaternary nitrogens is 1. The van der Waals surface area contributed by atoms with E-state index >= 15 is 0 Å². The highest BCUT2D eigenvalue weighted by Gasteiger charge is 2.30. The Kier molecular flexibility index (Phi) is 5.22. The van der Waals surface area contributed by atoms with Gasteiger partial charge in [0.05, 0.1) is 18.7 Å². The van der Waals surface area contributed by atoms with E-state index in [0.717, 1.165) is 38.1 Å². The number of amides is 1. The Labute approximate surface area is 122 Å². The lowest BCUT2D eigenvalue weighted by molar-refractivity contribution is -0.890. The van der Waals surface area contributed by atoms with E-state index in [4.69, 9.17) is 0 Å². The van der Waals surface area contributed by atoms with Crippen LogP contribution in [0.5, 0.6) is 0 Å². The second-order valence-electron chi connectivity index (χ2n) is 5.46. The maximum absolute atomic E-state index is 12.4. The summed E-state index contributed by atoms with van der Waals surface area (Å²) in [6.45, 7) is 2.35. The molecule has 116 valence electrons. The molecule has 21 heavy (non-hydrogen) atoms. The van der Waals surface area contributed by atoms with Crippen LogP contribution in [0.25, 0.3) is 0 Å². The summed E-state index contributed by atoms with van der Waals surface area (Å²) >= 11 is 0. The number of alkyl halides is 3. The summed E-state index contributed by atoms with van der Waals surface area (Å²) in [5.74, 6) is -0.147. The van der Waals surface area contributed by atoms with Gasteiger partial charge in [-0.1, -0.05) is 0 Å². The molecule has 1 aromatic rings. The molecule has 1 amide bonds. The van der Waals surface area contributed by atoms with Crippen molar-refractivity contribution in [3.05, 3.63) is 29.8 Å². The maximum Gasteiger partial charge on any atom is 0.416 e. The molecule has 3 nitrogen and oxygen atoms in total. The molecule has 6 heteroatoms. The molecule has 1 aromatic carbocycles. The average Bonchev–Trinajstić information content (AvgIpc) is 2.67. The van der Waals surface area contributed by atoms with Gasteiger partial charge in [0.2, 0.25) is 0 Å². The highest BCUT2D eigenvalue weighted by atomic mass is 19.4. The van der Waals surface area contributed by atoms with Crippen LogP contribution in [-0.2, 0) is 11.0 Å². The zero-order valence-corrected chi connectivity index (χ0v) is 11.8. The lowest BCUT2D eigenvalue weighted by atomic mass is 10.2. The molecular formula is C15H20F3N2O+. The van der Waals surface area contributed by atoms with Crippen molar-refractivity contribution in [2.45, 2.75) is 31.9 Å². The lowest BCUT2D eigenvalue weighted by Crippen LogP contribution is -3.12. The fourth-order valence-electron chi connectivity index (χ4n) is 2.58. The Morgan fingerprint density at radius 3 is 2.14 bits per heavy atom. The molecule has 2 N–H and O–H groups in total. The zero-order valence-electron chi connectivity index (χ0n) is 11.8. The van der Waals surface area contributed by atoms with Crippen molar-refractivity contribution < 1.29 is 22.9 Å². The minimum absolute atomic E-state index is 0.147. The Morgan fingerprint density at radius 2 is 1.62 bits per heavy atom. The number of benzene rings is 1. The van der Waals surface area contributed by atoms with Crippen LogP contribution in [0.3, 0.4) is 0 Å². The third-order valence-electron chi connectivity index (χ3n) is 3.72. The summed E-state index contributed by atoms with van der Waals surface area (Å²) in [5, 5.41) is 2.66. The molecule has 0 saturated carbocycles. The van der Waals surface area contributed by atoms with E-state index in [9.17, 15) is 18.0 Å². The summed E-state index contributed by atoms with van der Waals surface area (Å²) in [5.41, 5.74) is -0.305. The zero-order chi connectivity index (χ0) is 15.3. The van der Waals surface area contributed by atoms with Crippen LogP contribution in [0.15, 0.2) is 24.3 Å². The second-order valence-corrected chi connectivity index (χ2v) is 5.46. The predicted molar refractivity (Wildman–Crippen MR) is 74.1 cm³/mol. The van der Waals surface area contributed by atoms with Crippen molar-refractivity contribution >= 4 is 11.6 Å². The number of carbonyl (C=O) groups excluding carboxylic acids is 1. The summed E-state index contributed by atoms with van der Waals surface area (Å²) in [7, 11) is 0. The minimum Gasteiger partial charge on any atom is -0.327 e. The molecule has 0 aliphatic carbocycles. The van der Waals surface area contributed by atoms with Crippen molar-refractivity contribution in [2.24, 2.45) is 0 Å². The highest BCUT2D eigenvalue weighted by Crippen LogP contribution is 2.29. The smallest absolute Gasteiger partial charge is 0.327 e. The van der Waals surface area contributed by atoms with Crippen molar-refractivity contribution in [2.75, 3.05) is 25.0 Å². The molecule has 1 aliphatic heterocycles. The van der Waals surface area contributed by atoms with Crippen molar-refractivity contribution in [3.63, 3.8) is 0 Å². The van der Waals surface area contributed by atoms with Gasteiger partial charge in [-0.05, 0) is 49.9 Å². The number of anilines is 1. The standard InChI is InChI=1S/C15H19F3N2O/c16-15(17,18)12-5-7-13(8-6-12)19-14(21)11-20-9-3-1-2-4-10-20/h5-8H,1-4,9-11H2,(H,19,21)/p+1. The predicted octanol–water partition coefficient (Wildman–Crippen LogP) is 2.10. The van der Waals surface area contributed by atoms with E-state index < -0.39 is 11.7 Å². The monoisotopic (exact) mass is 301 g/mol. The van der Waals surface area contributed by atoms with Crippen molar-refractivity contribution in [1.82, 2.24) is 0 Å². The number of carbonyl (C=O) groups is 1. The van der Waals surface area contributed by atoms with E-state index in [1.54, 1.807) is 0 Å². The summed E-state index contributed by atoms with van der Waals surface area (Å²) < 4.78 is 37.3. The third kappa shape index (κ3) is 5.04. The molecule has 0 bridgehead atoms. The van der Waals surface area contributed by atoms with Crippen LogP contribution in [0.2, 0.25) is 0 Å². The first-order chi connectivity index (χ1) is 9.95. The molecule has 1 heterocycles. The largest absolute Gasteiger partial charge is 0.416 e. The SMILES string of the molecule is O=C(C[NH+]1CCCCCC1)Nc1ccc(C(F)(F)F)cc1. The third-order valence-corrected chi connectivity index (χ3v) is 3.72. The maximum atomic E-state index is 12.4. The summed E-state index contributed by atoms with van der Waals surface area (Å²) in [4.78, 5) is 13.2. The van der Waals surface area contributed by atoms with Gasteiger partial charge in [-0.15, -0.1) is 0 Å². The minimum atomic E-state index is -4.35. The Balaban J connectivity index is 1.87.